The third kappa shape index (κ3) is 4.73. The largest absolute Gasteiger partial charge is 0.491 e. The summed E-state index contributed by atoms with van der Waals surface area (Å²) in [6.45, 7) is 3.33. The lowest BCUT2D eigenvalue weighted by Gasteiger charge is -2.17. The molecule has 1 rings (SSSR count). The van der Waals surface area contributed by atoms with Gasteiger partial charge in [0.25, 0.3) is 0 Å². The summed E-state index contributed by atoms with van der Waals surface area (Å²) in [6.07, 6.45) is 1.02. The van der Waals surface area contributed by atoms with Gasteiger partial charge in [-0.2, -0.15) is 0 Å². The number of hydrogen-bond acceptors (Lipinski definition) is 4. The maximum Gasteiger partial charge on any atom is 0.124 e. The maximum atomic E-state index is 9.17. The molecule has 4 nitrogen and oxygen atoms in total. The number of aliphatic hydroxyl groups is 2. The maximum absolute atomic E-state index is 9.17. The van der Waals surface area contributed by atoms with Crippen LogP contribution in [0.5, 0.6) is 5.75 Å². The molecule has 0 spiro atoms. The van der Waals surface area contributed by atoms with Crippen molar-refractivity contribution in [2.75, 3.05) is 19.8 Å². The van der Waals surface area contributed by atoms with Crippen LogP contribution in [0.4, 0.5) is 0 Å². The van der Waals surface area contributed by atoms with Crippen molar-refractivity contribution in [2.24, 2.45) is 0 Å². The molecule has 0 radical (unpaired) electrons. The van der Waals surface area contributed by atoms with Gasteiger partial charge in [0.15, 0.2) is 0 Å². The zero-order chi connectivity index (χ0) is 12.5. The van der Waals surface area contributed by atoms with E-state index in [-0.39, 0.29) is 19.3 Å². The number of aliphatic hydroxyl groups excluding tert-OH is 2. The van der Waals surface area contributed by atoms with Gasteiger partial charge >= 0.3 is 0 Å². The van der Waals surface area contributed by atoms with Gasteiger partial charge in [-0.05, 0) is 19.0 Å². The first-order valence-electron chi connectivity index (χ1n) is 5.97. The average molecular weight is 239 g/mol. The molecule has 0 amide bonds. The van der Waals surface area contributed by atoms with Gasteiger partial charge in [0.2, 0.25) is 0 Å². The third-order valence-electron chi connectivity index (χ3n) is 2.49. The number of para-hydroxylation sites is 1. The molecule has 17 heavy (non-hydrogen) atoms. The quantitative estimate of drug-likeness (QED) is 0.631. The molecular weight excluding hydrogens is 218 g/mol. The smallest absolute Gasteiger partial charge is 0.124 e. The molecule has 0 heterocycles. The summed E-state index contributed by atoms with van der Waals surface area (Å²) in [4.78, 5) is 0. The van der Waals surface area contributed by atoms with E-state index in [1.165, 1.54) is 0 Å². The molecular formula is C13H21NO3. The fourth-order valence-corrected chi connectivity index (χ4v) is 1.49. The molecule has 0 aliphatic carbocycles. The van der Waals surface area contributed by atoms with Crippen LogP contribution in [0.1, 0.15) is 18.9 Å². The van der Waals surface area contributed by atoms with Crippen molar-refractivity contribution in [1.29, 1.82) is 0 Å². The van der Waals surface area contributed by atoms with Crippen molar-refractivity contribution in [2.45, 2.75) is 26.0 Å². The van der Waals surface area contributed by atoms with Gasteiger partial charge in [-0.25, -0.2) is 0 Å². The Kier molecular flexibility index (Phi) is 6.62. The minimum absolute atomic E-state index is 0.0393. The molecule has 3 N–H and O–H groups in total. The number of rotatable bonds is 8. The van der Waals surface area contributed by atoms with Crippen LogP contribution in [-0.4, -0.2) is 36.0 Å². The lowest BCUT2D eigenvalue weighted by molar-refractivity contribution is 0.180. The van der Waals surface area contributed by atoms with Crippen LogP contribution >= 0.6 is 0 Å². The van der Waals surface area contributed by atoms with Crippen molar-refractivity contribution in [3.8, 4) is 5.75 Å². The Balaban J connectivity index is 2.47. The van der Waals surface area contributed by atoms with Gasteiger partial charge < -0.3 is 20.3 Å². The van der Waals surface area contributed by atoms with Crippen LogP contribution in [0.15, 0.2) is 24.3 Å². The monoisotopic (exact) mass is 239 g/mol. The highest BCUT2D eigenvalue weighted by molar-refractivity contribution is 5.32. The Morgan fingerprint density at radius 1 is 1.29 bits per heavy atom. The zero-order valence-electron chi connectivity index (χ0n) is 10.2. The summed E-state index contributed by atoms with van der Waals surface area (Å²) >= 11 is 0. The molecule has 1 aromatic rings. The van der Waals surface area contributed by atoms with Crippen LogP contribution in [0.2, 0.25) is 0 Å². The Labute approximate surface area is 102 Å². The molecule has 0 aliphatic heterocycles. The Morgan fingerprint density at radius 3 is 2.71 bits per heavy atom. The predicted molar refractivity (Wildman–Crippen MR) is 67.0 cm³/mol. The SMILES string of the molecule is CCCNC(CO)COc1ccccc1CO. The van der Waals surface area contributed by atoms with E-state index in [4.69, 9.17) is 14.9 Å². The Hall–Kier alpha value is -1.10. The lowest BCUT2D eigenvalue weighted by atomic mass is 10.2. The Bertz CT molecular complexity index is 317. The van der Waals surface area contributed by atoms with Crippen LogP contribution in [0.25, 0.3) is 0 Å². The van der Waals surface area contributed by atoms with E-state index in [1.54, 1.807) is 0 Å². The topological polar surface area (TPSA) is 61.7 Å². The minimum atomic E-state index is -0.0679. The van der Waals surface area contributed by atoms with Gasteiger partial charge in [-0.1, -0.05) is 25.1 Å². The van der Waals surface area contributed by atoms with Gasteiger partial charge in [-0.3, -0.25) is 0 Å². The molecule has 0 saturated heterocycles. The van der Waals surface area contributed by atoms with Crippen molar-refractivity contribution in [1.82, 2.24) is 5.32 Å². The molecule has 0 saturated carbocycles. The first kappa shape index (κ1) is 14.0. The summed E-state index contributed by atoms with van der Waals surface area (Å²) in [7, 11) is 0. The molecule has 1 atom stereocenters. The number of benzene rings is 1. The second kappa shape index (κ2) is 8.06. The van der Waals surface area contributed by atoms with E-state index in [2.05, 4.69) is 12.2 Å². The molecule has 0 fully saturated rings. The van der Waals surface area contributed by atoms with E-state index >= 15 is 0 Å². The van der Waals surface area contributed by atoms with Crippen LogP contribution in [-0.2, 0) is 6.61 Å². The molecule has 96 valence electrons. The molecule has 0 aromatic heterocycles. The first-order chi connectivity index (χ1) is 8.31. The van der Waals surface area contributed by atoms with E-state index in [9.17, 15) is 0 Å². The van der Waals surface area contributed by atoms with E-state index in [0.717, 1.165) is 18.5 Å². The second-order valence-electron chi connectivity index (χ2n) is 3.91. The van der Waals surface area contributed by atoms with Crippen molar-refractivity contribution >= 4 is 0 Å². The normalized spacial score (nSPS) is 12.4. The standard InChI is InChI=1S/C13H21NO3/c1-2-7-14-12(9-16)10-17-13-6-4-3-5-11(13)8-15/h3-6,12,14-16H,2,7-10H2,1H3. The molecule has 1 unspecified atom stereocenters. The van der Waals surface area contributed by atoms with Crippen molar-refractivity contribution in [3.63, 3.8) is 0 Å². The van der Waals surface area contributed by atoms with E-state index in [1.807, 2.05) is 24.3 Å². The number of nitrogens with one attached hydrogen (secondary N) is 1. The van der Waals surface area contributed by atoms with Crippen LogP contribution < -0.4 is 10.1 Å². The van der Waals surface area contributed by atoms with Crippen molar-refractivity contribution < 1.29 is 14.9 Å². The van der Waals surface area contributed by atoms with E-state index in [0.29, 0.717) is 12.4 Å². The fraction of sp³-hybridized carbons (Fsp3) is 0.538. The summed E-state index contributed by atoms with van der Waals surface area (Å²) in [5.41, 5.74) is 0.764. The number of hydrogen-bond donors (Lipinski definition) is 3. The van der Waals surface area contributed by atoms with E-state index < -0.39 is 0 Å². The summed E-state index contributed by atoms with van der Waals surface area (Å²) < 4.78 is 5.60. The summed E-state index contributed by atoms with van der Waals surface area (Å²) in [5.74, 6) is 0.673. The van der Waals surface area contributed by atoms with Gasteiger partial charge in [0.05, 0.1) is 19.3 Å². The van der Waals surface area contributed by atoms with Gasteiger partial charge in [0, 0.05) is 5.56 Å². The molecule has 1 aromatic carbocycles. The van der Waals surface area contributed by atoms with Gasteiger partial charge in [0.1, 0.15) is 12.4 Å². The average Bonchev–Trinajstić information content (AvgIpc) is 2.39. The Morgan fingerprint density at radius 2 is 2.06 bits per heavy atom. The lowest BCUT2D eigenvalue weighted by Crippen LogP contribution is -2.38. The highest BCUT2D eigenvalue weighted by Crippen LogP contribution is 2.17. The fourth-order valence-electron chi connectivity index (χ4n) is 1.49. The molecule has 0 aliphatic rings. The highest BCUT2D eigenvalue weighted by atomic mass is 16.5. The van der Waals surface area contributed by atoms with Gasteiger partial charge in [-0.15, -0.1) is 0 Å². The molecule has 0 bridgehead atoms. The second-order valence-corrected chi connectivity index (χ2v) is 3.91. The van der Waals surface area contributed by atoms with Crippen LogP contribution in [0.3, 0.4) is 0 Å². The summed E-state index contributed by atoms with van der Waals surface area (Å²) in [5, 5.41) is 21.5. The molecule has 4 heteroatoms. The highest BCUT2D eigenvalue weighted by Gasteiger charge is 2.08. The zero-order valence-corrected chi connectivity index (χ0v) is 10.2. The van der Waals surface area contributed by atoms with Crippen molar-refractivity contribution in [3.05, 3.63) is 29.8 Å². The number of ether oxygens (including phenoxy) is 1. The summed E-state index contributed by atoms with van der Waals surface area (Å²) in [6, 6.07) is 7.29. The minimum Gasteiger partial charge on any atom is -0.491 e. The first-order valence-corrected chi connectivity index (χ1v) is 5.97. The predicted octanol–water partition coefficient (Wildman–Crippen LogP) is 0.918. The third-order valence-corrected chi connectivity index (χ3v) is 2.49. The van der Waals surface area contributed by atoms with Crippen LogP contribution in [0, 0.1) is 0 Å².